The standard InChI is InChI=1S/C22H22ClN5O2S/c23-18-5-1-2-6-19(18)26-20(29)14-27-8-10-28(11-9-27)21(30)12-17-15-31-22(25-17)16-4-3-7-24-13-16/h1-7,13,15H,8-12,14H2,(H,26,29). The van der Waals surface area contributed by atoms with Crippen LogP contribution in [0.3, 0.4) is 0 Å². The molecule has 1 aliphatic heterocycles. The van der Waals surface area contributed by atoms with E-state index in [1.165, 1.54) is 11.3 Å². The summed E-state index contributed by atoms with van der Waals surface area (Å²) in [5, 5.41) is 6.14. The second-order valence-electron chi connectivity index (χ2n) is 7.25. The van der Waals surface area contributed by atoms with Crippen molar-refractivity contribution < 1.29 is 9.59 Å². The Labute approximate surface area is 189 Å². The SMILES string of the molecule is O=C(CN1CCN(C(=O)Cc2csc(-c3cccnc3)n2)CC1)Nc1ccccc1Cl. The normalized spacial score (nSPS) is 14.4. The van der Waals surface area contributed by atoms with E-state index in [0.29, 0.717) is 36.9 Å². The molecule has 1 N–H and O–H groups in total. The van der Waals surface area contributed by atoms with Gasteiger partial charge in [0.05, 0.1) is 29.4 Å². The third-order valence-electron chi connectivity index (χ3n) is 5.03. The largest absolute Gasteiger partial charge is 0.340 e. The summed E-state index contributed by atoms with van der Waals surface area (Å²) in [6, 6.07) is 11.0. The second kappa shape index (κ2) is 10.00. The zero-order valence-corrected chi connectivity index (χ0v) is 18.4. The summed E-state index contributed by atoms with van der Waals surface area (Å²) >= 11 is 7.60. The van der Waals surface area contributed by atoms with Crippen molar-refractivity contribution in [2.24, 2.45) is 0 Å². The highest BCUT2D eigenvalue weighted by atomic mass is 35.5. The fraction of sp³-hybridized carbons (Fsp3) is 0.273. The fourth-order valence-electron chi connectivity index (χ4n) is 3.39. The van der Waals surface area contributed by atoms with E-state index in [-0.39, 0.29) is 24.8 Å². The number of halogens is 1. The maximum atomic E-state index is 12.7. The summed E-state index contributed by atoms with van der Waals surface area (Å²) in [4.78, 5) is 37.6. The lowest BCUT2D eigenvalue weighted by Crippen LogP contribution is -2.50. The van der Waals surface area contributed by atoms with E-state index in [0.717, 1.165) is 16.3 Å². The van der Waals surface area contributed by atoms with Gasteiger partial charge in [0.15, 0.2) is 0 Å². The highest BCUT2D eigenvalue weighted by molar-refractivity contribution is 7.13. The molecule has 0 atom stereocenters. The molecule has 1 aromatic carbocycles. The fourth-order valence-corrected chi connectivity index (χ4v) is 4.38. The zero-order valence-electron chi connectivity index (χ0n) is 16.8. The van der Waals surface area contributed by atoms with E-state index >= 15 is 0 Å². The number of nitrogens with zero attached hydrogens (tertiary/aromatic N) is 4. The molecule has 4 rings (SSSR count). The molecule has 0 aliphatic carbocycles. The Balaban J connectivity index is 1.24. The van der Waals surface area contributed by atoms with Crippen LogP contribution in [0, 0.1) is 0 Å². The number of carbonyl (C=O) groups excluding carboxylic acids is 2. The molecule has 3 heterocycles. The monoisotopic (exact) mass is 455 g/mol. The molecule has 0 radical (unpaired) electrons. The molecule has 9 heteroatoms. The minimum Gasteiger partial charge on any atom is -0.340 e. The smallest absolute Gasteiger partial charge is 0.238 e. The summed E-state index contributed by atoms with van der Waals surface area (Å²) in [5.41, 5.74) is 2.34. The predicted octanol–water partition coefficient (Wildman–Crippen LogP) is 3.18. The number of hydrogen-bond acceptors (Lipinski definition) is 6. The van der Waals surface area contributed by atoms with Crippen LogP contribution in [-0.4, -0.2) is 64.3 Å². The van der Waals surface area contributed by atoms with E-state index in [9.17, 15) is 9.59 Å². The molecule has 2 amide bonds. The van der Waals surface area contributed by atoms with E-state index in [4.69, 9.17) is 11.6 Å². The maximum Gasteiger partial charge on any atom is 0.238 e. The van der Waals surface area contributed by atoms with Crippen molar-refractivity contribution in [1.29, 1.82) is 0 Å². The molecule has 0 spiro atoms. The summed E-state index contributed by atoms with van der Waals surface area (Å²) in [5.74, 6) is -0.0542. The summed E-state index contributed by atoms with van der Waals surface area (Å²) < 4.78 is 0. The molecule has 1 saturated heterocycles. The molecular formula is C22H22ClN5O2S. The lowest BCUT2D eigenvalue weighted by atomic mass is 10.2. The first-order valence-corrected chi connectivity index (χ1v) is 11.2. The number of amides is 2. The first kappa shape index (κ1) is 21.4. The van der Waals surface area contributed by atoms with Gasteiger partial charge in [-0.1, -0.05) is 23.7 Å². The highest BCUT2D eigenvalue weighted by Gasteiger charge is 2.23. The molecule has 2 aromatic heterocycles. The van der Waals surface area contributed by atoms with Crippen molar-refractivity contribution in [2.45, 2.75) is 6.42 Å². The van der Waals surface area contributed by atoms with Gasteiger partial charge >= 0.3 is 0 Å². The van der Waals surface area contributed by atoms with Crippen LogP contribution in [0.15, 0.2) is 54.2 Å². The van der Waals surface area contributed by atoms with Gasteiger partial charge in [-0.3, -0.25) is 19.5 Å². The molecule has 160 valence electrons. The van der Waals surface area contributed by atoms with Gasteiger partial charge < -0.3 is 10.2 Å². The van der Waals surface area contributed by atoms with Crippen LogP contribution in [0.25, 0.3) is 10.6 Å². The highest BCUT2D eigenvalue weighted by Crippen LogP contribution is 2.23. The number of thiazole rings is 1. The Kier molecular flexibility index (Phi) is 6.91. The van der Waals surface area contributed by atoms with Crippen LogP contribution in [0.2, 0.25) is 5.02 Å². The van der Waals surface area contributed by atoms with Crippen molar-refractivity contribution in [3.8, 4) is 10.6 Å². The van der Waals surface area contributed by atoms with E-state index in [1.807, 2.05) is 39.4 Å². The van der Waals surface area contributed by atoms with Crippen LogP contribution < -0.4 is 5.32 Å². The maximum absolute atomic E-state index is 12.7. The first-order valence-electron chi connectivity index (χ1n) is 9.98. The first-order chi connectivity index (χ1) is 15.1. The van der Waals surface area contributed by atoms with E-state index in [1.54, 1.807) is 24.5 Å². The minimum atomic E-state index is -0.113. The molecule has 0 saturated carbocycles. The average Bonchev–Trinajstić information content (AvgIpc) is 3.25. The predicted molar refractivity (Wildman–Crippen MR) is 122 cm³/mol. The van der Waals surface area contributed by atoms with Crippen molar-refractivity contribution in [1.82, 2.24) is 19.8 Å². The average molecular weight is 456 g/mol. The Hall–Kier alpha value is -2.81. The molecule has 3 aromatic rings. The minimum absolute atomic E-state index is 0.0585. The van der Waals surface area contributed by atoms with Crippen molar-refractivity contribution in [3.05, 3.63) is 64.9 Å². The number of aromatic nitrogens is 2. The third-order valence-corrected chi connectivity index (χ3v) is 6.30. The van der Waals surface area contributed by atoms with Gasteiger partial charge in [-0.2, -0.15) is 0 Å². The van der Waals surface area contributed by atoms with Crippen LogP contribution >= 0.6 is 22.9 Å². The Morgan fingerprint density at radius 1 is 1.10 bits per heavy atom. The number of anilines is 1. The van der Waals surface area contributed by atoms with Gasteiger partial charge in [0.2, 0.25) is 11.8 Å². The number of benzene rings is 1. The molecule has 7 nitrogen and oxygen atoms in total. The lowest BCUT2D eigenvalue weighted by molar-refractivity contribution is -0.132. The Morgan fingerprint density at radius 2 is 1.90 bits per heavy atom. The number of para-hydroxylation sites is 1. The van der Waals surface area contributed by atoms with Crippen molar-refractivity contribution in [2.75, 3.05) is 38.0 Å². The van der Waals surface area contributed by atoms with Crippen LogP contribution in [0.5, 0.6) is 0 Å². The van der Waals surface area contributed by atoms with Gasteiger partial charge in [-0.15, -0.1) is 11.3 Å². The molecule has 31 heavy (non-hydrogen) atoms. The van der Waals surface area contributed by atoms with E-state index < -0.39 is 0 Å². The summed E-state index contributed by atoms with van der Waals surface area (Å²) in [6.07, 6.45) is 3.77. The number of rotatable bonds is 6. The van der Waals surface area contributed by atoms with Gasteiger partial charge in [-0.25, -0.2) is 4.98 Å². The van der Waals surface area contributed by atoms with Gasteiger partial charge in [0.1, 0.15) is 5.01 Å². The second-order valence-corrected chi connectivity index (χ2v) is 8.51. The van der Waals surface area contributed by atoms with Crippen LogP contribution in [-0.2, 0) is 16.0 Å². The number of hydrogen-bond donors (Lipinski definition) is 1. The third kappa shape index (κ3) is 5.66. The number of piperazine rings is 1. The topological polar surface area (TPSA) is 78.4 Å². The lowest BCUT2D eigenvalue weighted by Gasteiger charge is -2.34. The summed E-state index contributed by atoms with van der Waals surface area (Å²) in [6.45, 7) is 2.77. The number of carbonyl (C=O) groups is 2. The quantitative estimate of drug-likeness (QED) is 0.617. The summed E-state index contributed by atoms with van der Waals surface area (Å²) in [7, 11) is 0. The van der Waals surface area contributed by atoms with Crippen molar-refractivity contribution >= 4 is 40.4 Å². The number of pyridine rings is 1. The van der Waals surface area contributed by atoms with Gasteiger partial charge in [-0.05, 0) is 24.3 Å². The Morgan fingerprint density at radius 3 is 2.65 bits per heavy atom. The number of nitrogens with one attached hydrogen (secondary N) is 1. The molecule has 1 aliphatic rings. The van der Waals surface area contributed by atoms with Crippen LogP contribution in [0.1, 0.15) is 5.69 Å². The van der Waals surface area contributed by atoms with Crippen LogP contribution in [0.4, 0.5) is 5.69 Å². The van der Waals surface area contributed by atoms with Gasteiger partial charge in [0.25, 0.3) is 0 Å². The molecule has 0 bridgehead atoms. The van der Waals surface area contributed by atoms with Crippen molar-refractivity contribution in [3.63, 3.8) is 0 Å². The zero-order chi connectivity index (χ0) is 21.6. The molecular weight excluding hydrogens is 434 g/mol. The Bertz CT molecular complexity index is 1050. The van der Waals surface area contributed by atoms with E-state index in [2.05, 4.69) is 15.3 Å². The molecule has 0 unspecified atom stereocenters. The molecule has 1 fully saturated rings. The van der Waals surface area contributed by atoms with Gasteiger partial charge in [0, 0.05) is 49.5 Å².